The zero-order valence-corrected chi connectivity index (χ0v) is 12.6. The Kier molecular flexibility index (Phi) is 4.31. The van der Waals surface area contributed by atoms with Crippen molar-refractivity contribution >= 4 is 0 Å². The van der Waals surface area contributed by atoms with Crippen LogP contribution in [0, 0.1) is 5.82 Å². The van der Waals surface area contributed by atoms with Crippen molar-refractivity contribution in [1.82, 2.24) is 4.98 Å². The molecule has 7 heteroatoms. The molecule has 128 valence electrons. The van der Waals surface area contributed by atoms with Gasteiger partial charge in [-0.15, -0.1) is 0 Å². The van der Waals surface area contributed by atoms with E-state index in [4.69, 9.17) is 4.74 Å². The van der Waals surface area contributed by atoms with Crippen LogP contribution in [0.15, 0.2) is 42.6 Å². The van der Waals surface area contributed by atoms with Gasteiger partial charge in [-0.2, -0.15) is 13.2 Å². The lowest BCUT2D eigenvalue weighted by molar-refractivity contribution is -0.154. The van der Waals surface area contributed by atoms with Crippen molar-refractivity contribution < 1.29 is 27.4 Å². The van der Waals surface area contributed by atoms with Crippen molar-refractivity contribution in [1.29, 1.82) is 0 Å². The molecule has 0 saturated heterocycles. The van der Waals surface area contributed by atoms with Gasteiger partial charge in [-0.25, -0.2) is 4.39 Å². The van der Waals surface area contributed by atoms with Crippen molar-refractivity contribution in [3.63, 3.8) is 0 Å². The number of hydrogen-bond acceptors (Lipinski definition) is 3. The minimum Gasteiger partial charge on any atom is -0.383 e. The summed E-state index contributed by atoms with van der Waals surface area (Å²) < 4.78 is 57.1. The average Bonchev–Trinajstić information content (AvgIpc) is 2.50. The van der Waals surface area contributed by atoms with Crippen molar-refractivity contribution in [2.24, 2.45) is 0 Å². The van der Waals surface area contributed by atoms with Gasteiger partial charge in [0, 0.05) is 19.0 Å². The van der Waals surface area contributed by atoms with Crippen molar-refractivity contribution in [2.75, 3.05) is 0 Å². The first-order valence-corrected chi connectivity index (χ1v) is 7.39. The average molecular weight is 341 g/mol. The molecule has 1 aromatic heterocycles. The van der Waals surface area contributed by atoms with E-state index < -0.39 is 23.2 Å². The molecule has 0 aliphatic heterocycles. The fourth-order valence-corrected chi connectivity index (χ4v) is 2.73. The Hall–Kier alpha value is -1.99. The van der Waals surface area contributed by atoms with Gasteiger partial charge in [0.05, 0.1) is 18.3 Å². The summed E-state index contributed by atoms with van der Waals surface area (Å²) in [6.45, 7) is 0.352. The molecule has 0 spiro atoms. The highest BCUT2D eigenvalue weighted by Gasteiger charge is 2.48. The molecule has 0 atom stereocenters. The van der Waals surface area contributed by atoms with Gasteiger partial charge in [0.25, 0.3) is 0 Å². The Morgan fingerprint density at radius 2 is 1.88 bits per heavy atom. The van der Waals surface area contributed by atoms with Gasteiger partial charge in [-0.1, -0.05) is 30.3 Å². The standard InChI is InChI=1S/C17H15F4NO2/c18-14-6-12(17(19,20)21)9-22-15(14)16(23)7-13(8-16)24-10-11-4-2-1-3-5-11/h1-6,9,13,23H,7-8,10H2. The summed E-state index contributed by atoms with van der Waals surface area (Å²) in [5.41, 5.74) is -2.17. The van der Waals surface area contributed by atoms with Crippen LogP contribution in [0.1, 0.15) is 29.7 Å². The molecule has 1 aliphatic carbocycles. The van der Waals surface area contributed by atoms with Crippen LogP contribution in [0.5, 0.6) is 0 Å². The molecule has 0 radical (unpaired) electrons. The molecular weight excluding hydrogens is 326 g/mol. The molecule has 24 heavy (non-hydrogen) atoms. The molecule has 3 nitrogen and oxygen atoms in total. The van der Waals surface area contributed by atoms with E-state index in [9.17, 15) is 22.7 Å². The van der Waals surface area contributed by atoms with E-state index in [1.54, 1.807) is 0 Å². The van der Waals surface area contributed by atoms with Crippen LogP contribution >= 0.6 is 0 Å². The van der Waals surface area contributed by atoms with Gasteiger partial charge in [-0.05, 0) is 11.6 Å². The van der Waals surface area contributed by atoms with E-state index in [0.717, 1.165) is 5.56 Å². The Bertz CT molecular complexity index is 712. The van der Waals surface area contributed by atoms with E-state index >= 15 is 0 Å². The molecule has 0 unspecified atom stereocenters. The lowest BCUT2D eigenvalue weighted by Crippen LogP contribution is -2.47. The molecule has 2 aromatic rings. The number of aromatic nitrogens is 1. The Morgan fingerprint density at radius 1 is 1.21 bits per heavy atom. The van der Waals surface area contributed by atoms with Gasteiger partial charge < -0.3 is 9.84 Å². The minimum absolute atomic E-state index is 0.0924. The van der Waals surface area contributed by atoms with Crippen LogP contribution in [-0.4, -0.2) is 16.2 Å². The normalized spacial score (nSPS) is 23.8. The van der Waals surface area contributed by atoms with Crippen LogP contribution in [0.3, 0.4) is 0 Å². The number of rotatable bonds is 4. The summed E-state index contributed by atoms with van der Waals surface area (Å²) in [4.78, 5) is 3.49. The van der Waals surface area contributed by atoms with Crippen LogP contribution in [-0.2, 0) is 23.1 Å². The zero-order chi connectivity index (χ0) is 17.4. The maximum Gasteiger partial charge on any atom is 0.417 e. The van der Waals surface area contributed by atoms with E-state index in [-0.39, 0.29) is 24.6 Å². The second-order valence-corrected chi connectivity index (χ2v) is 5.91. The minimum atomic E-state index is -4.67. The molecule has 1 fully saturated rings. The summed E-state index contributed by atoms with van der Waals surface area (Å²) in [7, 11) is 0. The number of benzene rings is 1. The zero-order valence-electron chi connectivity index (χ0n) is 12.6. The Balaban J connectivity index is 1.62. The molecule has 1 N–H and O–H groups in total. The quantitative estimate of drug-likeness (QED) is 0.860. The number of ether oxygens (including phenoxy) is 1. The SMILES string of the molecule is OC1(c2ncc(C(F)(F)F)cc2F)CC(OCc2ccccc2)C1. The predicted octanol–water partition coefficient (Wildman–Crippen LogP) is 3.81. The van der Waals surface area contributed by atoms with Gasteiger partial charge in [-0.3, -0.25) is 4.98 Å². The molecule has 1 saturated carbocycles. The summed E-state index contributed by atoms with van der Waals surface area (Å²) >= 11 is 0. The lowest BCUT2D eigenvalue weighted by Gasteiger charge is -2.42. The molecule has 1 aromatic carbocycles. The van der Waals surface area contributed by atoms with E-state index in [1.807, 2.05) is 30.3 Å². The number of aliphatic hydroxyl groups is 1. The first-order chi connectivity index (χ1) is 11.3. The van der Waals surface area contributed by atoms with Crippen LogP contribution in [0.25, 0.3) is 0 Å². The number of nitrogens with zero attached hydrogens (tertiary/aromatic N) is 1. The third-order valence-electron chi connectivity index (χ3n) is 4.07. The fourth-order valence-electron chi connectivity index (χ4n) is 2.73. The van der Waals surface area contributed by atoms with Crippen molar-refractivity contribution in [3.8, 4) is 0 Å². The summed E-state index contributed by atoms with van der Waals surface area (Å²) in [5, 5.41) is 10.4. The number of halogens is 4. The molecule has 1 heterocycles. The maximum absolute atomic E-state index is 13.9. The van der Waals surface area contributed by atoms with Gasteiger partial charge in [0.1, 0.15) is 17.1 Å². The Morgan fingerprint density at radius 3 is 2.46 bits per heavy atom. The van der Waals surface area contributed by atoms with Crippen LogP contribution < -0.4 is 0 Å². The van der Waals surface area contributed by atoms with E-state index in [1.165, 1.54) is 0 Å². The van der Waals surface area contributed by atoms with Crippen LogP contribution in [0.2, 0.25) is 0 Å². The summed E-state index contributed by atoms with van der Waals surface area (Å²) in [5.74, 6) is -1.16. The topological polar surface area (TPSA) is 42.4 Å². The first-order valence-electron chi connectivity index (χ1n) is 7.39. The monoisotopic (exact) mass is 341 g/mol. The van der Waals surface area contributed by atoms with Gasteiger partial charge >= 0.3 is 6.18 Å². The molecular formula is C17H15F4NO2. The molecule has 0 bridgehead atoms. The summed E-state index contributed by atoms with van der Waals surface area (Å²) in [6.07, 6.45) is -4.24. The van der Waals surface area contributed by atoms with E-state index in [2.05, 4.69) is 4.98 Å². The third-order valence-corrected chi connectivity index (χ3v) is 4.07. The number of pyridine rings is 1. The molecule has 3 rings (SSSR count). The number of hydrogen-bond donors (Lipinski definition) is 1. The highest BCUT2D eigenvalue weighted by atomic mass is 19.4. The van der Waals surface area contributed by atoms with E-state index in [0.29, 0.717) is 18.9 Å². The largest absolute Gasteiger partial charge is 0.417 e. The molecule has 0 amide bonds. The lowest BCUT2D eigenvalue weighted by atomic mass is 9.74. The highest BCUT2D eigenvalue weighted by Crippen LogP contribution is 2.44. The third kappa shape index (κ3) is 3.42. The van der Waals surface area contributed by atoms with Crippen molar-refractivity contribution in [2.45, 2.75) is 37.3 Å². The first kappa shape index (κ1) is 16.9. The van der Waals surface area contributed by atoms with Crippen LogP contribution in [0.4, 0.5) is 17.6 Å². The highest BCUT2D eigenvalue weighted by molar-refractivity contribution is 5.25. The smallest absolute Gasteiger partial charge is 0.383 e. The molecule has 1 aliphatic rings. The predicted molar refractivity (Wildman–Crippen MR) is 77.3 cm³/mol. The summed E-state index contributed by atoms with van der Waals surface area (Å²) in [6, 6.07) is 9.77. The fraction of sp³-hybridized carbons (Fsp3) is 0.353. The second-order valence-electron chi connectivity index (χ2n) is 5.91. The van der Waals surface area contributed by atoms with Gasteiger partial charge in [0.15, 0.2) is 0 Å². The maximum atomic E-state index is 13.9. The Labute approximate surface area is 135 Å². The van der Waals surface area contributed by atoms with Gasteiger partial charge in [0.2, 0.25) is 0 Å². The second kappa shape index (κ2) is 6.14. The van der Waals surface area contributed by atoms with Crippen molar-refractivity contribution in [3.05, 3.63) is 65.2 Å². The number of alkyl halides is 3.